The largest absolute Gasteiger partial charge is 0.383 e. The highest BCUT2D eigenvalue weighted by atomic mass is 16.2. The maximum atomic E-state index is 12.0. The Labute approximate surface area is 162 Å². The molecule has 0 bridgehead atoms. The molecule has 0 aromatic carbocycles. The summed E-state index contributed by atoms with van der Waals surface area (Å²) in [6, 6.07) is 5.72. The Morgan fingerprint density at radius 1 is 1.25 bits per heavy atom. The van der Waals surface area contributed by atoms with E-state index in [0.29, 0.717) is 29.1 Å². The number of likely N-dealkylation sites (tertiary alicyclic amines) is 1. The van der Waals surface area contributed by atoms with Crippen molar-refractivity contribution in [2.24, 2.45) is 0 Å². The lowest BCUT2D eigenvalue weighted by Gasteiger charge is -2.32. The summed E-state index contributed by atoms with van der Waals surface area (Å²) in [5.41, 5.74) is 8.31. The third kappa shape index (κ3) is 3.36. The van der Waals surface area contributed by atoms with Crippen molar-refractivity contribution in [2.75, 3.05) is 18.8 Å². The van der Waals surface area contributed by atoms with Gasteiger partial charge in [0.15, 0.2) is 5.65 Å². The molecule has 0 radical (unpaired) electrons. The van der Waals surface area contributed by atoms with Gasteiger partial charge < -0.3 is 10.6 Å². The quantitative estimate of drug-likeness (QED) is 0.702. The van der Waals surface area contributed by atoms with Gasteiger partial charge in [-0.05, 0) is 43.2 Å². The molecule has 1 atom stereocenters. The number of hydrogen-bond acceptors (Lipinski definition) is 6. The number of carbonyl (C=O) groups excluding carboxylic acids is 1. The van der Waals surface area contributed by atoms with Crippen molar-refractivity contribution in [3.63, 3.8) is 0 Å². The van der Waals surface area contributed by atoms with Gasteiger partial charge in [0, 0.05) is 19.3 Å². The fraction of sp³-hybridized carbons (Fsp3) is 0.250. The van der Waals surface area contributed by atoms with E-state index in [-0.39, 0.29) is 11.9 Å². The summed E-state index contributed by atoms with van der Waals surface area (Å²) in [5.74, 6) is 0.317. The normalized spacial score (nSPS) is 17.3. The second kappa shape index (κ2) is 7.59. The number of rotatable bonds is 4. The molecule has 28 heavy (non-hydrogen) atoms. The monoisotopic (exact) mass is 375 g/mol. The first-order chi connectivity index (χ1) is 13.7. The molecule has 0 spiro atoms. The Morgan fingerprint density at radius 3 is 2.93 bits per heavy atom. The van der Waals surface area contributed by atoms with Gasteiger partial charge in [-0.25, -0.2) is 14.6 Å². The number of nitrogen functional groups attached to an aromatic ring is 1. The summed E-state index contributed by atoms with van der Waals surface area (Å²) in [5, 5.41) is 5.47. The van der Waals surface area contributed by atoms with E-state index in [1.807, 2.05) is 35.0 Å². The summed E-state index contributed by atoms with van der Waals surface area (Å²) in [6.45, 7) is 4.88. The fourth-order valence-electron chi connectivity index (χ4n) is 3.52. The van der Waals surface area contributed by atoms with Crippen LogP contribution in [0.3, 0.4) is 0 Å². The summed E-state index contributed by atoms with van der Waals surface area (Å²) in [7, 11) is 0. The molecule has 8 nitrogen and oxygen atoms in total. The van der Waals surface area contributed by atoms with Crippen LogP contribution in [0, 0.1) is 0 Å². The Balaban J connectivity index is 1.73. The molecule has 4 heterocycles. The van der Waals surface area contributed by atoms with Crippen LogP contribution in [0.4, 0.5) is 5.82 Å². The van der Waals surface area contributed by atoms with E-state index in [1.54, 1.807) is 11.1 Å². The van der Waals surface area contributed by atoms with E-state index in [9.17, 15) is 4.79 Å². The van der Waals surface area contributed by atoms with Gasteiger partial charge >= 0.3 is 0 Å². The van der Waals surface area contributed by atoms with Gasteiger partial charge in [0.2, 0.25) is 5.91 Å². The molecule has 1 unspecified atom stereocenters. The number of nitrogens with two attached hydrogens (primary N) is 1. The van der Waals surface area contributed by atoms with Crippen molar-refractivity contribution in [1.82, 2.24) is 29.6 Å². The van der Waals surface area contributed by atoms with Crippen molar-refractivity contribution in [1.29, 1.82) is 0 Å². The fourth-order valence-corrected chi connectivity index (χ4v) is 3.52. The average Bonchev–Trinajstić information content (AvgIpc) is 3.12. The lowest BCUT2D eigenvalue weighted by molar-refractivity contribution is -0.127. The van der Waals surface area contributed by atoms with Crippen LogP contribution in [0.1, 0.15) is 30.3 Å². The van der Waals surface area contributed by atoms with Crippen LogP contribution in [0.15, 0.2) is 43.4 Å². The minimum Gasteiger partial charge on any atom is -0.383 e. The lowest BCUT2D eigenvalue weighted by atomic mass is 10.1. The SMILES string of the molecule is C=CC(=O)N1CCCC(n2nc(C=Cc3ccccn3)c3c(N)ncnc32)C1. The number of hydrogen-bond donors (Lipinski definition) is 1. The zero-order chi connectivity index (χ0) is 19.5. The van der Waals surface area contributed by atoms with Crippen LogP contribution >= 0.6 is 0 Å². The third-order valence-electron chi connectivity index (χ3n) is 4.87. The van der Waals surface area contributed by atoms with Crippen molar-refractivity contribution in [2.45, 2.75) is 18.9 Å². The van der Waals surface area contributed by atoms with Crippen molar-refractivity contribution in [3.05, 3.63) is 54.8 Å². The summed E-state index contributed by atoms with van der Waals surface area (Å²) >= 11 is 0. The Bertz CT molecular complexity index is 1040. The molecule has 3 aromatic rings. The third-order valence-corrected chi connectivity index (χ3v) is 4.87. The van der Waals surface area contributed by atoms with Gasteiger partial charge in [0.25, 0.3) is 0 Å². The molecule has 1 amide bonds. The Kier molecular flexibility index (Phi) is 4.84. The van der Waals surface area contributed by atoms with Gasteiger partial charge in [0.1, 0.15) is 12.1 Å². The van der Waals surface area contributed by atoms with Gasteiger partial charge in [-0.1, -0.05) is 12.6 Å². The van der Waals surface area contributed by atoms with E-state index < -0.39 is 0 Å². The Morgan fingerprint density at radius 2 is 2.14 bits per heavy atom. The van der Waals surface area contributed by atoms with Crippen LogP contribution in [-0.4, -0.2) is 48.6 Å². The molecule has 1 aliphatic heterocycles. The van der Waals surface area contributed by atoms with Gasteiger partial charge in [-0.2, -0.15) is 5.10 Å². The molecule has 0 aliphatic carbocycles. The van der Waals surface area contributed by atoms with E-state index in [0.717, 1.165) is 25.1 Å². The highest BCUT2D eigenvalue weighted by Gasteiger charge is 2.27. The van der Waals surface area contributed by atoms with Crippen LogP contribution in [-0.2, 0) is 4.79 Å². The summed E-state index contributed by atoms with van der Waals surface area (Å²) in [4.78, 5) is 26.7. The zero-order valence-electron chi connectivity index (χ0n) is 15.4. The smallest absolute Gasteiger partial charge is 0.246 e. The molecule has 1 fully saturated rings. The Hall–Kier alpha value is -3.55. The number of nitrogens with zero attached hydrogens (tertiary/aromatic N) is 6. The molecule has 4 rings (SSSR count). The van der Waals surface area contributed by atoms with Gasteiger partial charge in [-0.15, -0.1) is 0 Å². The molecule has 1 aliphatic rings. The minimum atomic E-state index is -0.0643. The standard InChI is InChI=1S/C20H21N7O/c1-2-17(28)26-11-5-7-15(12-26)27-20-18(19(21)23-13-24-20)16(25-27)9-8-14-6-3-4-10-22-14/h2-4,6,8-10,13,15H,1,5,7,11-12H2,(H2,21,23,24). The molecule has 1 saturated heterocycles. The molecule has 2 N–H and O–H groups in total. The maximum Gasteiger partial charge on any atom is 0.246 e. The first kappa shape index (κ1) is 17.8. The molecule has 142 valence electrons. The van der Waals surface area contributed by atoms with E-state index in [2.05, 4.69) is 21.5 Å². The zero-order valence-corrected chi connectivity index (χ0v) is 15.4. The van der Waals surface area contributed by atoms with Crippen LogP contribution in [0.5, 0.6) is 0 Å². The van der Waals surface area contributed by atoms with Crippen LogP contribution < -0.4 is 5.73 Å². The van der Waals surface area contributed by atoms with Gasteiger partial charge in [0.05, 0.1) is 22.8 Å². The van der Waals surface area contributed by atoms with Crippen molar-refractivity contribution < 1.29 is 4.79 Å². The predicted molar refractivity (Wildman–Crippen MR) is 108 cm³/mol. The van der Waals surface area contributed by atoms with Crippen LogP contribution in [0.2, 0.25) is 0 Å². The molecule has 0 saturated carbocycles. The molecule has 8 heteroatoms. The predicted octanol–water partition coefficient (Wildman–Crippen LogP) is 2.32. The van der Waals surface area contributed by atoms with E-state index >= 15 is 0 Å². The van der Waals surface area contributed by atoms with Gasteiger partial charge in [-0.3, -0.25) is 9.78 Å². The topological polar surface area (TPSA) is 103 Å². The van der Waals surface area contributed by atoms with Crippen molar-refractivity contribution in [3.8, 4) is 0 Å². The second-order valence-electron chi connectivity index (χ2n) is 6.66. The first-order valence-corrected chi connectivity index (χ1v) is 9.16. The van der Waals surface area contributed by atoms with Crippen LogP contribution in [0.25, 0.3) is 23.2 Å². The number of piperidine rings is 1. The number of aromatic nitrogens is 5. The van der Waals surface area contributed by atoms with E-state index in [1.165, 1.54) is 12.4 Å². The minimum absolute atomic E-state index is 0.0199. The number of anilines is 1. The number of pyridine rings is 1. The number of carbonyl (C=O) groups is 1. The molecular weight excluding hydrogens is 354 g/mol. The second-order valence-corrected chi connectivity index (χ2v) is 6.66. The molecular formula is C20H21N7O. The summed E-state index contributed by atoms with van der Waals surface area (Å²) in [6.07, 6.45) is 10.1. The lowest BCUT2D eigenvalue weighted by Crippen LogP contribution is -2.40. The average molecular weight is 375 g/mol. The molecule has 3 aromatic heterocycles. The maximum absolute atomic E-state index is 12.0. The summed E-state index contributed by atoms with van der Waals surface area (Å²) < 4.78 is 1.87. The number of fused-ring (bicyclic) bond motifs is 1. The highest BCUT2D eigenvalue weighted by molar-refractivity contribution is 5.94. The number of amides is 1. The first-order valence-electron chi connectivity index (χ1n) is 9.16. The van der Waals surface area contributed by atoms with E-state index in [4.69, 9.17) is 10.8 Å². The van der Waals surface area contributed by atoms with Crippen molar-refractivity contribution >= 4 is 34.9 Å². The highest BCUT2D eigenvalue weighted by Crippen LogP contribution is 2.29.